The van der Waals surface area contributed by atoms with E-state index in [1.54, 1.807) is 0 Å². The van der Waals surface area contributed by atoms with Crippen molar-refractivity contribution < 1.29 is 4.74 Å². The lowest BCUT2D eigenvalue weighted by atomic mass is 9.92. The number of nitrogens with one attached hydrogen (secondary N) is 1. The quantitative estimate of drug-likeness (QED) is 0.580. The zero-order chi connectivity index (χ0) is 11.5. The first-order valence-corrected chi connectivity index (χ1v) is 5.57. The molecule has 0 spiro atoms. The summed E-state index contributed by atoms with van der Waals surface area (Å²) in [6.45, 7) is 5.48. The topological polar surface area (TPSA) is 73.1 Å². The zero-order valence-electron chi connectivity index (χ0n) is 9.73. The lowest BCUT2D eigenvalue weighted by Crippen LogP contribution is -2.34. The Labute approximate surface area is 95.4 Å². The highest BCUT2D eigenvalue weighted by Gasteiger charge is 2.27. The van der Waals surface area contributed by atoms with Gasteiger partial charge in [0.15, 0.2) is 0 Å². The third-order valence-corrected chi connectivity index (χ3v) is 3.09. The molecule has 5 nitrogen and oxygen atoms in total. The molecule has 0 aromatic carbocycles. The van der Waals surface area contributed by atoms with Gasteiger partial charge in [-0.3, -0.25) is 11.3 Å². The van der Waals surface area contributed by atoms with Crippen LogP contribution in [0, 0.1) is 19.8 Å². The Morgan fingerprint density at radius 3 is 2.94 bits per heavy atom. The maximum Gasteiger partial charge on any atom is 0.0648 e. The lowest BCUT2D eigenvalue weighted by Gasteiger charge is -2.23. The molecule has 2 rings (SSSR count). The van der Waals surface area contributed by atoms with Gasteiger partial charge >= 0.3 is 0 Å². The molecule has 1 aromatic heterocycles. The first kappa shape index (κ1) is 11.4. The van der Waals surface area contributed by atoms with Crippen LogP contribution >= 0.6 is 0 Å². The average molecular weight is 222 g/mol. The molecule has 1 fully saturated rings. The molecule has 2 heterocycles. The molecule has 16 heavy (non-hydrogen) atoms. The van der Waals surface area contributed by atoms with Crippen LogP contribution in [0.2, 0.25) is 0 Å². The van der Waals surface area contributed by atoms with Crippen LogP contribution < -0.4 is 11.3 Å². The lowest BCUT2D eigenvalue weighted by molar-refractivity contribution is 0.176. The number of nitrogens with two attached hydrogens (primary N) is 1. The molecule has 2 unspecified atom stereocenters. The van der Waals surface area contributed by atoms with E-state index >= 15 is 0 Å². The molecule has 0 radical (unpaired) electrons. The van der Waals surface area contributed by atoms with Crippen molar-refractivity contribution in [2.24, 2.45) is 11.8 Å². The monoisotopic (exact) mass is 222 g/mol. The molecule has 88 valence electrons. The first-order chi connectivity index (χ1) is 7.72. The summed E-state index contributed by atoms with van der Waals surface area (Å²) >= 11 is 0. The van der Waals surface area contributed by atoms with Crippen LogP contribution in [0.25, 0.3) is 0 Å². The minimum atomic E-state index is 0.108. The van der Waals surface area contributed by atoms with E-state index in [1.165, 1.54) is 0 Å². The van der Waals surface area contributed by atoms with Gasteiger partial charge in [-0.25, -0.2) is 0 Å². The predicted octanol–water partition coefficient (Wildman–Crippen LogP) is 0.634. The normalized spacial score (nSPS) is 22.3. The van der Waals surface area contributed by atoms with Gasteiger partial charge in [-0.1, -0.05) is 0 Å². The summed E-state index contributed by atoms with van der Waals surface area (Å²) < 4.78 is 5.40. The highest BCUT2D eigenvalue weighted by Crippen LogP contribution is 2.29. The second kappa shape index (κ2) is 4.86. The van der Waals surface area contributed by atoms with Gasteiger partial charge in [-0.15, -0.1) is 0 Å². The van der Waals surface area contributed by atoms with E-state index in [0.29, 0.717) is 5.92 Å². The molecule has 0 saturated carbocycles. The van der Waals surface area contributed by atoms with Crippen molar-refractivity contribution in [2.45, 2.75) is 26.3 Å². The number of nitrogens with zero attached hydrogens (tertiary/aromatic N) is 2. The Morgan fingerprint density at radius 1 is 1.50 bits per heavy atom. The molecule has 1 aliphatic heterocycles. The van der Waals surface area contributed by atoms with Crippen LogP contribution in [0.15, 0.2) is 6.07 Å². The maximum absolute atomic E-state index is 5.65. The molecule has 5 heteroatoms. The van der Waals surface area contributed by atoms with Crippen molar-refractivity contribution in [1.82, 2.24) is 15.6 Å². The van der Waals surface area contributed by atoms with E-state index in [1.807, 2.05) is 19.9 Å². The van der Waals surface area contributed by atoms with E-state index in [2.05, 4.69) is 15.6 Å². The SMILES string of the molecule is Cc1cc(C(NN)C2CCOC2)c(C)nn1. The van der Waals surface area contributed by atoms with Crippen molar-refractivity contribution in [3.8, 4) is 0 Å². The van der Waals surface area contributed by atoms with E-state index in [9.17, 15) is 0 Å². The minimum absolute atomic E-state index is 0.108. The minimum Gasteiger partial charge on any atom is -0.381 e. The number of hydrogen-bond donors (Lipinski definition) is 2. The number of aryl methyl sites for hydroxylation is 2. The van der Waals surface area contributed by atoms with Gasteiger partial charge in [0.1, 0.15) is 0 Å². The Balaban J connectivity index is 2.28. The van der Waals surface area contributed by atoms with Crippen molar-refractivity contribution in [2.75, 3.05) is 13.2 Å². The van der Waals surface area contributed by atoms with Crippen LogP contribution in [0.1, 0.15) is 29.4 Å². The van der Waals surface area contributed by atoms with Gasteiger partial charge in [0.2, 0.25) is 0 Å². The highest BCUT2D eigenvalue weighted by atomic mass is 16.5. The summed E-state index contributed by atoms with van der Waals surface area (Å²) in [6, 6.07) is 2.15. The Morgan fingerprint density at radius 2 is 2.31 bits per heavy atom. The third kappa shape index (κ3) is 2.21. The van der Waals surface area contributed by atoms with Gasteiger partial charge < -0.3 is 4.74 Å². The van der Waals surface area contributed by atoms with Crippen LogP contribution in [0.5, 0.6) is 0 Å². The summed E-state index contributed by atoms with van der Waals surface area (Å²) in [5, 5.41) is 8.17. The number of aromatic nitrogens is 2. The molecule has 2 atom stereocenters. The molecule has 0 bridgehead atoms. The zero-order valence-corrected chi connectivity index (χ0v) is 9.73. The summed E-state index contributed by atoms with van der Waals surface area (Å²) in [4.78, 5) is 0. The Hall–Kier alpha value is -1.04. The fraction of sp³-hybridized carbons (Fsp3) is 0.636. The van der Waals surface area contributed by atoms with Crippen molar-refractivity contribution >= 4 is 0 Å². The van der Waals surface area contributed by atoms with Gasteiger partial charge in [0.05, 0.1) is 24.0 Å². The molecule has 0 aliphatic carbocycles. The molecular weight excluding hydrogens is 204 g/mol. The van der Waals surface area contributed by atoms with Crippen molar-refractivity contribution in [3.05, 3.63) is 23.0 Å². The van der Waals surface area contributed by atoms with Gasteiger partial charge in [0, 0.05) is 12.5 Å². The van der Waals surface area contributed by atoms with Crippen LogP contribution in [-0.4, -0.2) is 23.4 Å². The standard InChI is InChI=1S/C11H18N4O/c1-7-5-10(8(2)15-14-7)11(13-12)9-3-4-16-6-9/h5,9,11,13H,3-4,6,12H2,1-2H3. The number of hydrogen-bond acceptors (Lipinski definition) is 5. The van der Waals surface area contributed by atoms with E-state index in [0.717, 1.165) is 36.6 Å². The van der Waals surface area contributed by atoms with Crippen molar-refractivity contribution in [3.63, 3.8) is 0 Å². The van der Waals surface area contributed by atoms with E-state index in [4.69, 9.17) is 10.6 Å². The fourth-order valence-electron chi connectivity index (χ4n) is 2.18. The smallest absolute Gasteiger partial charge is 0.0648 e. The molecule has 1 aromatic rings. The molecule has 1 aliphatic rings. The summed E-state index contributed by atoms with van der Waals surface area (Å²) in [7, 11) is 0. The predicted molar refractivity (Wildman–Crippen MR) is 60.5 cm³/mol. The van der Waals surface area contributed by atoms with Crippen molar-refractivity contribution in [1.29, 1.82) is 0 Å². The summed E-state index contributed by atoms with van der Waals surface area (Å²) in [5.41, 5.74) is 5.86. The number of hydrazine groups is 1. The first-order valence-electron chi connectivity index (χ1n) is 5.57. The van der Waals surface area contributed by atoms with Crippen LogP contribution in [-0.2, 0) is 4.74 Å². The fourth-order valence-corrected chi connectivity index (χ4v) is 2.18. The number of ether oxygens (including phenoxy) is 1. The number of rotatable bonds is 3. The highest BCUT2D eigenvalue weighted by molar-refractivity contribution is 5.24. The van der Waals surface area contributed by atoms with Crippen LogP contribution in [0.3, 0.4) is 0 Å². The largest absolute Gasteiger partial charge is 0.381 e. The van der Waals surface area contributed by atoms with E-state index in [-0.39, 0.29) is 6.04 Å². The molecule has 3 N–H and O–H groups in total. The van der Waals surface area contributed by atoms with Gasteiger partial charge in [-0.05, 0) is 31.9 Å². The average Bonchev–Trinajstić information content (AvgIpc) is 2.78. The molecular formula is C11H18N4O. The summed E-state index contributed by atoms with van der Waals surface area (Å²) in [6.07, 6.45) is 1.04. The maximum atomic E-state index is 5.65. The molecule has 0 amide bonds. The Bertz CT molecular complexity index is 363. The van der Waals surface area contributed by atoms with Crippen LogP contribution in [0.4, 0.5) is 0 Å². The second-order valence-corrected chi connectivity index (χ2v) is 4.29. The Kier molecular flexibility index (Phi) is 3.48. The summed E-state index contributed by atoms with van der Waals surface area (Å²) in [5.74, 6) is 6.07. The van der Waals surface area contributed by atoms with Gasteiger partial charge in [-0.2, -0.15) is 10.2 Å². The third-order valence-electron chi connectivity index (χ3n) is 3.09. The second-order valence-electron chi connectivity index (χ2n) is 4.29. The van der Waals surface area contributed by atoms with E-state index < -0.39 is 0 Å². The molecule has 1 saturated heterocycles. The van der Waals surface area contributed by atoms with Gasteiger partial charge in [0.25, 0.3) is 0 Å².